The molecule has 0 spiro atoms. The van der Waals surface area contributed by atoms with Crippen molar-refractivity contribution in [3.8, 4) is 11.3 Å². The Morgan fingerprint density at radius 3 is 2.25 bits per heavy atom. The number of benzene rings is 3. The van der Waals surface area contributed by atoms with E-state index in [2.05, 4.69) is 20.3 Å². The summed E-state index contributed by atoms with van der Waals surface area (Å²) in [6.07, 6.45) is 0.969. The SMILES string of the molecule is Cc1c(-c2cccc(C(F)(F)F)c2)n(CC(=O)[C@H](C)NC(=O)[C@H](CC(=O)[C@@H](N)Cc2cnc[nH]2)Cc2c[nH]c3ccccc23)c(=O)n1C(Cc1ccccc1)C(=O)C[C@@H](CCCCN)C(N)=O. The van der Waals surface area contributed by atoms with Crippen LogP contribution in [0.1, 0.15) is 73.1 Å². The maximum Gasteiger partial charge on any atom is 0.416 e. The topological polar surface area (TPSA) is 247 Å². The molecule has 5 atom stereocenters. The van der Waals surface area contributed by atoms with E-state index in [1.807, 2.05) is 24.3 Å². The number of fused-ring (bicyclic) bond motifs is 1. The number of carbonyl (C=O) groups is 5. The summed E-state index contributed by atoms with van der Waals surface area (Å²) < 4.78 is 44.6. The minimum Gasteiger partial charge on any atom is -0.369 e. The fourth-order valence-electron chi connectivity index (χ4n) is 8.51. The molecule has 15 nitrogen and oxygen atoms in total. The van der Waals surface area contributed by atoms with Crippen LogP contribution in [0.25, 0.3) is 22.2 Å². The molecule has 9 N–H and O–H groups in total. The van der Waals surface area contributed by atoms with Crippen molar-refractivity contribution in [1.29, 1.82) is 0 Å². The highest BCUT2D eigenvalue weighted by Gasteiger charge is 2.35. The summed E-state index contributed by atoms with van der Waals surface area (Å²) in [5.41, 5.74) is 18.6. The second-order valence-corrected chi connectivity index (χ2v) is 17.0. The molecule has 0 aliphatic heterocycles. The van der Waals surface area contributed by atoms with Crippen molar-refractivity contribution < 1.29 is 37.1 Å². The average molecular weight is 924 g/mol. The van der Waals surface area contributed by atoms with E-state index >= 15 is 0 Å². The van der Waals surface area contributed by atoms with Gasteiger partial charge < -0.3 is 32.5 Å². The highest BCUT2D eigenvalue weighted by atomic mass is 19.4. The van der Waals surface area contributed by atoms with Gasteiger partial charge in [0.2, 0.25) is 11.8 Å². The summed E-state index contributed by atoms with van der Waals surface area (Å²) in [4.78, 5) is 94.0. The summed E-state index contributed by atoms with van der Waals surface area (Å²) in [5.74, 6) is -4.85. The molecule has 2 amide bonds. The Morgan fingerprint density at radius 1 is 0.851 bits per heavy atom. The highest BCUT2D eigenvalue weighted by Crippen LogP contribution is 2.34. The Balaban J connectivity index is 1.35. The van der Waals surface area contributed by atoms with E-state index in [4.69, 9.17) is 17.2 Å². The molecule has 1 unspecified atom stereocenters. The molecule has 18 heteroatoms. The quantitative estimate of drug-likeness (QED) is 0.0432. The van der Waals surface area contributed by atoms with Crippen LogP contribution >= 0.6 is 0 Å². The van der Waals surface area contributed by atoms with Gasteiger partial charge in [0, 0.05) is 77.8 Å². The number of imidazole rings is 2. The first-order valence-corrected chi connectivity index (χ1v) is 22.2. The molecule has 354 valence electrons. The van der Waals surface area contributed by atoms with Gasteiger partial charge in [-0.25, -0.2) is 9.78 Å². The van der Waals surface area contributed by atoms with Crippen LogP contribution < -0.4 is 28.2 Å². The first-order chi connectivity index (χ1) is 32.0. The lowest BCUT2D eigenvalue weighted by Crippen LogP contribution is -2.46. The monoisotopic (exact) mass is 923 g/mol. The number of amides is 2. The standard InChI is InChI=1S/C49H56F3N9O6/c1-29(59-47(66)34(20-35-25-57-40-17-7-6-16-38(35)40)23-42(62)39(54)24-37-26-56-28-58-37)44(64)27-60-45(32-14-10-15-36(21-32)49(50,51)52)30(2)61(48(60)67)41(19-31-11-4-3-5-12-31)43(63)22-33(46(55)65)13-8-9-18-53/h3-7,10-12,14-17,21,25-26,28-29,33-34,39,41,57H,8-9,13,18-20,22-24,27,53-54H2,1-2H3,(H2,55,65)(H,56,58)(H,59,66)/t29-,33+,34-,39-,41?/m0/s1. The number of ketones is 3. The summed E-state index contributed by atoms with van der Waals surface area (Å²) >= 11 is 0. The molecule has 6 rings (SSSR count). The van der Waals surface area contributed by atoms with Gasteiger partial charge in [-0.1, -0.05) is 67.1 Å². The van der Waals surface area contributed by atoms with Crippen molar-refractivity contribution in [3.63, 3.8) is 0 Å². The molecule has 0 aliphatic carbocycles. The first-order valence-electron chi connectivity index (χ1n) is 22.2. The molecule has 6 aromatic rings. The maximum atomic E-state index is 14.9. The second kappa shape index (κ2) is 22.0. The average Bonchev–Trinajstić information content (AvgIpc) is 4.03. The van der Waals surface area contributed by atoms with Gasteiger partial charge in [0.05, 0.1) is 36.2 Å². The van der Waals surface area contributed by atoms with Crippen LogP contribution in [0.5, 0.6) is 0 Å². The van der Waals surface area contributed by atoms with Crippen LogP contribution in [0.2, 0.25) is 0 Å². The van der Waals surface area contributed by atoms with E-state index < -0.39 is 83.1 Å². The number of alkyl halides is 3. The summed E-state index contributed by atoms with van der Waals surface area (Å²) in [7, 11) is 0. The molecule has 0 bridgehead atoms. The third kappa shape index (κ3) is 12.3. The zero-order valence-electron chi connectivity index (χ0n) is 37.4. The number of nitrogens with zero attached hydrogens (tertiary/aromatic N) is 3. The van der Waals surface area contributed by atoms with E-state index in [9.17, 15) is 41.9 Å². The van der Waals surface area contributed by atoms with Crippen LogP contribution in [-0.4, -0.2) is 71.9 Å². The Hall–Kier alpha value is -6.92. The lowest BCUT2D eigenvalue weighted by atomic mass is 9.90. The number of H-pyrrole nitrogens is 2. The van der Waals surface area contributed by atoms with Gasteiger partial charge in [0.15, 0.2) is 17.3 Å². The molecule has 0 saturated heterocycles. The number of nitrogens with two attached hydrogens (primary N) is 3. The van der Waals surface area contributed by atoms with Crippen LogP contribution in [-0.2, 0) is 56.0 Å². The van der Waals surface area contributed by atoms with Crippen LogP contribution in [0.3, 0.4) is 0 Å². The number of para-hydroxylation sites is 1. The summed E-state index contributed by atoms with van der Waals surface area (Å²) in [5, 5.41) is 3.56. The fraction of sp³-hybridized carbons (Fsp3) is 0.367. The van der Waals surface area contributed by atoms with Gasteiger partial charge in [-0.3, -0.25) is 33.1 Å². The number of hydrogen-bond acceptors (Lipinski definition) is 9. The summed E-state index contributed by atoms with van der Waals surface area (Å²) in [6, 6.07) is 17.0. The maximum absolute atomic E-state index is 14.9. The van der Waals surface area contributed by atoms with Crippen molar-refractivity contribution in [1.82, 2.24) is 29.4 Å². The van der Waals surface area contributed by atoms with Crippen molar-refractivity contribution in [3.05, 3.63) is 136 Å². The third-order valence-electron chi connectivity index (χ3n) is 12.2. The number of aromatic amines is 2. The Labute approximate surface area is 384 Å². The largest absolute Gasteiger partial charge is 0.416 e. The van der Waals surface area contributed by atoms with Gasteiger partial charge in [-0.2, -0.15) is 13.2 Å². The van der Waals surface area contributed by atoms with E-state index in [1.54, 1.807) is 42.7 Å². The smallest absolute Gasteiger partial charge is 0.369 e. The van der Waals surface area contributed by atoms with E-state index in [-0.39, 0.29) is 55.5 Å². The molecule has 0 fully saturated rings. The summed E-state index contributed by atoms with van der Waals surface area (Å²) in [6.45, 7) is 2.52. The van der Waals surface area contributed by atoms with Gasteiger partial charge in [0.1, 0.15) is 6.04 Å². The molecule has 0 saturated carbocycles. The van der Waals surface area contributed by atoms with Gasteiger partial charge in [-0.05, 0) is 69.0 Å². The van der Waals surface area contributed by atoms with Crippen LogP contribution in [0.15, 0.2) is 102 Å². The normalized spacial score (nSPS) is 14.0. The lowest BCUT2D eigenvalue weighted by molar-refractivity contribution is -0.137. The number of Topliss-reactive ketones (excluding diaryl/α,β-unsaturated/α-hetero) is 3. The lowest BCUT2D eigenvalue weighted by Gasteiger charge is -2.21. The van der Waals surface area contributed by atoms with Crippen molar-refractivity contribution in [2.24, 2.45) is 29.0 Å². The van der Waals surface area contributed by atoms with Crippen LogP contribution in [0.4, 0.5) is 13.2 Å². The van der Waals surface area contributed by atoms with Gasteiger partial charge in [-0.15, -0.1) is 0 Å². The van der Waals surface area contributed by atoms with Crippen molar-refractivity contribution in [2.75, 3.05) is 6.54 Å². The third-order valence-corrected chi connectivity index (χ3v) is 12.2. The molecular formula is C49H56F3N9O6. The number of hydrogen-bond donors (Lipinski definition) is 6. The van der Waals surface area contributed by atoms with Crippen molar-refractivity contribution >= 4 is 40.1 Å². The number of nitrogens with one attached hydrogen (secondary N) is 3. The predicted molar refractivity (Wildman–Crippen MR) is 246 cm³/mol. The Morgan fingerprint density at radius 2 is 1.57 bits per heavy atom. The Bertz CT molecular complexity index is 2740. The number of primary amides is 1. The van der Waals surface area contributed by atoms with Crippen LogP contribution in [0, 0.1) is 18.8 Å². The molecular weight excluding hydrogens is 868 g/mol. The molecule has 3 aromatic heterocycles. The predicted octanol–water partition coefficient (Wildman–Crippen LogP) is 5.28. The first kappa shape index (κ1) is 49.5. The van der Waals surface area contributed by atoms with E-state index in [0.29, 0.717) is 30.6 Å². The number of rotatable bonds is 24. The zero-order valence-corrected chi connectivity index (χ0v) is 37.4. The number of carbonyl (C=O) groups excluding carboxylic acids is 5. The van der Waals surface area contributed by atoms with Gasteiger partial charge >= 0.3 is 11.9 Å². The highest BCUT2D eigenvalue weighted by molar-refractivity contribution is 5.94. The number of unbranched alkanes of at least 4 members (excludes halogenated alkanes) is 1. The molecule has 3 heterocycles. The molecule has 67 heavy (non-hydrogen) atoms. The molecule has 3 aromatic carbocycles. The molecule has 0 radical (unpaired) electrons. The minimum absolute atomic E-state index is 0.0385. The van der Waals surface area contributed by atoms with E-state index in [0.717, 1.165) is 37.7 Å². The van der Waals surface area contributed by atoms with Gasteiger partial charge in [0.25, 0.3) is 0 Å². The number of aromatic nitrogens is 5. The fourth-order valence-corrected chi connectivity index (χ4v) is 8.51. The minimum atomic E-state index is -4.76. The molecule has 0 aliphatic rings. The Kier molecular flexibility index (Phi) is 16.3. The van der Waals surface area contributed by atoms with Crippen molar-refractivity contribution in [2.45, 2.75) is 96.1 Å². The number of halogens is 3. The van der Waals surface area contributed by atoms with E-state index in [1.165, 1.54) is 32.3 Å². The second-order valence-electron chi connectivity index (χ2n) is 17.0. The zero-order chi connectivity index (χ0) is 48.4.